The number of nitrogens with zero attached hydrogens (tertiary/aromatic N) is 1. The second kappa shape index (κ2) is 6.95. The average Bonchev–Trinajstić information content (AvgIpc) is 2.82. The Balaban J connectivity index is 2.51. The molecule has 6 nitrogen and oxygen atoms in total. The Morgan fingerprint density at radius 2 is 2.33 bits per heavy atom. The number of hydrogen-bond donors (Lipinski definition) is 2. The van der Waals surface area contributed by atoms with Gasteiger partial charge in [0.1, 0.15) is 4.88 Å². The van der Waals surface area contributed by atoms with Crippen molar-refractivity contribution < 1.29 is 19.4 Å². The van der Waals surface area contributed by atoms with Gasteiger partial charge in [-0.1, -0.05) is 13.3 Å². The van der Waals surface area contributed by atoms with Crippen LogP contribution in [0.25, 0.3) is 0 Å². The van der Waals surface area contributed by atoms with Crippen LogP contribution in [-0.2, 0) is 4.79 Å². The highest BCUT2D eigenvalue weighted by Crippen LogP contribution is 2.16. The maximum absolute atomic E-state index is 11.7. The van der Waals surface area contributed by atoms with Crippen LogP contribution in [0.2, 0.25) is 0 Å². The molecule has 0 radical (unpaired) electrons. The number of methoxy groups -OCH3 is 1. The third-order valence-corrected chi connectivity index (χ3v) is 3.19. The molecule has 0 bridgehead atoms. The van der Waals surface area contributed by atoms with Crippen molar-refractivity contribution in [1.29, 1.82) is 0 Å². The number of carboxylic acid groups (broad SMARTS) is 1. The first kappa shape index (κ1) is 14.4. The molecule has 0 fully saturated rings. The zero-order valence-corrected chi connectivity index (χ0v) is 11.1. The highest BCUT2D eigenvalue weighted by atomic mass is 32.1. The number of amides is 1. The molecule has 18 heavy (non-hydrogen) atoms. The van der Waals surface area contributed by atoms with E-state index in [4.69, 9.17) is 9.84 Å². The fourth-order valence-corrected chi connectivity index (χ4v) is 2.05. The lowest BCUT2D eigenvalue weighted by Crippen LogP contribution is -2.32. The number of aliphatic carboxylic acids is 1. The average molecular weight is 272 g/mol. The van der Waals surface area contributed by atoms with Crippen LogP contribution in [-0.4, -0.2) is 35.0 Å². The Kier molecular flexibility index (Phi) is 5.57. The third kappa shape index (κ3) is 3.99. The van der Waals surface area contributed by atoms with Gasteiger partial charge in [-0.05, 0) is 18.0 Å². The lowest BCUT2D eigenvalue weighted by molar-refractivity contribution is -0.141. The summed E-state index contributed by atoms with van der Waals surface area (Å²) in [6.45, 7) is 2.04. The Hall–Kier alpha value is -1.63. The van der Waals surface area contributed by atoms with E-state index in [1.807, 2.05) is 6.92 Å². The number of carbonyl (C=O) groups excluding carboxylic acids is 1. The quantitative estimate of drug-likeness (QED) is 0.783. The lowest BCUT2D eigenvalue weighted by Gasteiger charge is -2.11. The van der Waals surface area contributed by atoms with Crippen LogP contribution in [0.4, 0.5) is 0 Å². The van der Waals surface area contributed by atoms with E-state index in [0.717, 1.165) is 18.0 Å². The maximum Gasteiger partial charge on any atom is 0.308 e. The van der Waals surface area contributed by atoms with Gasteiger partial charge in [0.15, 0.2) is 0 Å². The van der Waals surface area contributed by atoms with Gasteiger partial charge in [-0.25, -0.2) is 0 Å². The molecule has 0 spiro atoms. The van der Waals surface area contributed by atoms with Crippen molar-refractivity contribution in [1.82, 2.24) is 9.69 Å². The lowest BCUT2D eigenvalue weighted by atomic mass is 10.0. The molecule has 1 aromatic heterocycles. The number of hydrogen-bond acceptors (Lipinski definition) is 5. The SMILES string of the molecule is CCC[C@H](CNC(=O)c1cc(OC)ns1)C(=O)O. The van der Waals surface area contributed by atoms with Crippen molar-refractivity contribution in [2.75, 3.05) is 13.7 Å². The predicted molar refractivity (Wildman–Crippen MR) is 67.0 cm³/mol. The van der Waals surface area contributed by atoms with Crippen LogP contribution in [0, 0.1) is 5.92 Å². The summed E-state index contributed by atoms with van der Waals surface area (Å²) < 4.78 is 8.77. The van der Waals surface area contributed by atoms with Gasteiger partial charge in [0.05, 0.1) is 13.0 Å². The Morgan fingerprint density at radius 3 is 2.83 bits per heavy atom. The van der Waals surface area contributed by atoms with Crippen molar-refractivity contribution in [2.45, 2.75) is 19.8 Å². The zero-order valence-electron chi connectivity index (χ0n) is 10.3. The normalized spacial score (nSPS) is 11.9. The fourth-order valence-electron chi connectivity index (χ4n) is 1.43. The Bertz CT molecular complexity index is 419. The molecule has 0 aromatic carbocycles. The summed E-state index contributed by atoms with van der Waals surface area (Å²) in [7, 11) is 1.47. The Morgan fingerprint density at radius 1 is 1.61 bits per heavy atom. The summed E-state index contributed by atoms with van der Waals surface area (Å²) >= 11 is 1.02. The molecule has 1 heterocycles. The minimum absolute atomic E-state index is 0.127. The van der Waals surface area contributed by atoms with Crippen LogP contribution in [0.3, 0.4) is 0 Å². The molecular formula is C11H16N2O4S. The smallest absolute Gasteiger partial charge is 0.308 e. The Labute approximate surface area is 109 Å². The van der Waals surface area contributed by atoms with Crippen LogP contribution in [0.15, 0.2) is 6.07 Å². The van der Waals surface area contributed by atoms with Crippen molar-refractivity contribution in [2.24, 2.45) is 5.92 Å². The minimum atomic E-state index is -0.890. The minimum Gasteiger partial charge on any atom is -0.481 e. The van der Waals surface area contributed by atoms with E-state index in [2.05, 4.69) is 9.69 Å². The monoisotopic (exact) mass is 272 g/mol. The van der Waals surface area contributed by atoms with Crippen molar-refractivity contribution in [3.8, 4) is 5.88 Å². The molecule has 7 heteroatoms. The van der Waals surface area contributed by atoms with Crippen molar-refractivity contribution in [3.05, 3.63) is 10.9 Å². The second-order valence-corrected chi connectivity index (χ2v) is 4.57. The van der Waals surface area contributed by atoms with Crippen LogP contribution < -0.4 is 10.1 Å². The molecule has 1 amide bonds. The molecule has 0 saturated carbocycles. The number of rotatable bonds is 7. The first-order valence-corrected chi connectivity index (χ1v) is 6.37. The van der Waals surface area contributed by atoms with Gasteiger partial charge in [-0.2, -0.15) is 4.37 Å². The first-order valence-electron chi connectivity index (χ1n) is 5.60. The highest BCUT2D eigenvalue weighted by Gasteiger charge is 2.18. The van der Waals surface area contributed by atoms with Gasteiger partial charge in [0.25, 0.3) is 5.91 Å². The largest absolute Gasteiger partial charge is 0.481 e. The molecule has 1 atom stereocenters. The highest BCUT2D eigenvalue weighted by molar-refractivity contribution is 7.08. The summed E-state index contributed by atoms with van der Waals surface area (Å²) in [6.07, 6.45) is 1.31. The number of aromatic nitrogens is 1. The molecule has 0 aliphatic rings. The van der Waals surface area contributed by atoms with E-state index in [9.17, 15) is 9.59 Å². The molecule has 0 aliphatic heterocycles. The van der Waals surface area contributed by atoms with Gasteiger partial charge < -0.3 is 15.2 Å². The number of carbonyl (C=O) groups is 2. The summed E-state index contributed by atoms with van der Waals surface area (Å²) in [5.41, 5.74) is 0. The van der Waals surface area contributed by atoms with Gasteiger partial charge >= 0.3 is 5.97 Å². The standard InChI is InChI=1S/C11H16N2O4S/c1-3-4-7(11(15)16)6-12-10(14)8-5-9(17-2)13-18-8/h5,7H,3-4,6H2,1-2H3,(H,12,14)(H,15,16)/t7-/m1/s1. The molecule has 1 aromatic rings. The summed E-state index contributed by atoms with van der Waals surface area (Å²) in [5.74, 6) is -1.38. The summed E-state index contributed by atoms with van der Waals surface area (Å²) in [5, 5.41) is 11.5. The molecular weight excluding hydrogens is 256 g/mol. The second-order valence-electron chi connectivity index (χ2n) is 3.77. The third-order valence-electron chi connectivity index (χ3n) is 2.42. The van der Waals surface area contributed by atoms with Crippen molar-refractivity contribution in [3.63, 3.8) is 0 Å². The molecule has 100 valence electrons. The topological polar surface area (TPSA) is 88.5 Å². The van der Waals surface area contributed by atoms with E-state index in [1.165, 1.54) is 13.2 Å². The molecule has 1 rings (SSSR count). The number of nitrogens with one attached hydrogen (secondary N) is 1. The van der Waals surface area contributed by atoms with E-state index < -0.39 is 11.9 Å². The van der Waals surface area contributed by atoms with E-state index in [-0.39, 0.29) is 12.5 Å². The van der Waals surface area contributed by atoms with E-state index >= 15 is 0 Å². The van der Waals surface area contributed by atoms with Gasteiger partial charge in [-0.3, -0.25) is 9.59 Å². The predicted octanol–water partition coefficient (Wildman–Crippen LogP) is 1.38. The van der Waals surface area contributed by atoms with Gasteiger partial charge in [-0.15, -0.1) is 0 Å². The number of ether oxygens (including phenoxy) is 1. The fraction of sp³-hybridized carbons (Fsp3) is 0.545. The summed E-state index contributed by atoms with van der Waals surface area (Å²) in [4.78, 5) is 23.0. The first-order chi connectivity index (χ1) is 8.58. The van der Waals surface area contributed by atoms with E-state index in [1.54, 1.807) is 0 Å². The molecule has 2 N–H and O–H groups in total. The molecule has 0 unspecified atom stereocenters. The van der Waals surface area contributed by atoms with Crippen LogP contribution in [0.5, 0.6) is 5.88 Å². The van der Waals surface area contributed by atoms with Crippen LogP contribution in [0.1, 0.15) is 29.4 Å². The van der Waals surface area contributed by atoms with Crippen LogP contribution >= 0.6 is 11.5 Å². The molecule has 0 aliphatic carbocycles. The molecule has 0 saturated heterocycles. The maximum atomic E-state index is 11.7. The van der Waals surface area contributed by atoms with Gasteiger partial charge in [0.2, 0.25) is 5.88 Å². The summed E-state index contributed by atoms with van der Waals surface area (Å²) in [6, 6.07) is 1.52. The van der Waals surface area contributed by atoms with E-state index in [0.29, 0.717) is 17.2 Å². The number of carboxylic acids is 1. The van der Waals surface area contributed by atoms with Crippen molar-refractivity contribution >= 4 is 23.4 Å². The van der Waals surface area contributed by atoms with Gasteiger partial charge in [0, 0.05) is 12.6 Å². The zero-order chi connectivity index (χ0) is 13.5.